The predicted molar refractivity (Wildman–Crippen MR) is 118 cm³/mol. The van der Waals surface area contributed by atoms with Crippen molar-refractivity contribution >= 4 is 28.5 Å². The molecule has 2 aliphatic rings. The van der Waals surface area contributed by atoms with Crippen LogP contribution in [0.5, 0.6) is 0 Å². The van der Waals surface area contributed by atoms with Gasteiger partial charge in [-0.2, -0.15) is 0 Å². The molecule has 0 aromatic carbocycles. The third kappa shape index (κ3) is 5.69. The molecule has 1 amide bonds. The van der Waals surface area contributed by atoms with Crippen molar-refractivity contribution in [1.82, 2.24) is 14.9 Å². The normalized spacial score (nSPS) is 17.0. The smallest absolute Gasteiger partial charge is 0.410 e. The number of ether oxygens (including phenoxy) is 2. The second-order valence-electron chi connectivity index (χ2n) is 8.46. The number of carbonyl (C=O) groups is 2. The van der Waals surface area contributed by atoms with Gasteiger partial charge < -0.3 is 19.5 Å². The number of thiazole rings is 1. The van der Waals surface area contributed by atoms with E-state index < -0.39 is 11.6 Å². The van der Waals surface area contributed by atoms with Gasteiger partial charge in [0, 0.05) is 13.1 Å². The number of nitrogens with zero attached hydrogens (tertiary/aromatic N) is 3. The van der Waals surface area contributed by atoms with E-state index in [0.717, 1.165) is 11.1 Å². The van der Waals surface area contributed by atoms with E-state index >= 15 is 0 Å². The summed E-state index contributed by atoms with van der Waals surface area (Å²) in [5.74, 6) is -0.225. The van der Waals surface area contributed by atoms with E-state index in [4.69, 9.17) is 9.47 Å². The first-order chi connectivity index (χ1) is 14.6. The second kappa shape index (κ2) is 9.17. The van der Waals surface area contributed by atoms with Gasteiger partial charge >= 0.3 is 12.1 Å². The molecule has 3 heterocycles. The van der Waals surface area contributed by atoms with Gasteiger partial charge in [-0.05, 0) is 58.6 Å². The zero-order valence-electron chi connectivity index (χ0n) is 18.7. The van der Waals surface area contributed by atoms with E-state index in [1.54, 1.807) is 30.0 Å². The van der Waals surface area contributed by atoms with E-state index in [9.17, 15) is 14.7 Å². The molecule has 170 valence electrons. The van der Waals surface area contributed by atoms with Crippen LogP contribution in [0.1, 0.15) is 55.9 Å². The largest absolute Gasteiger partial charge is 0.506 e. The Labute approximate surface area is 186 Å². The Hall–Kier alpha value is -2.75. The Kier molecular flexibility index (Phi) is 6.78. The number of hydrazine groups is 1. The number of hydrogen-bond donors (Lipinski definition) is 2. The molecule has 0 saturated carbocycles. The summed E-state index contributed by atoms with van der Waals surface area (Å²) in [5.41, 5.74) is 5.11. The quantitative estimate of drug-likeness (QED) is 0.664. The van der Waals surface area contributed by atoms with Crippen molar-refractivity contribution in [1.29, 1.82) is 0 Å². The lowest BCUT2D eigenvalue weighted by atomic mass is 9.99. The lowest BCUT2D eigenvalue weighted by Crippen LogP contribution is -2.37. The number of amides is 1. The number of aliphatic hydroxyl groups is 1. The van der Waals surface area contributed by atoms with Crippen molar-refractivity contribution < 1.29 is 24.2 Å². The van der Waals surface area contributed by atoms with E-state index in [2.05, 4.69) is 10.4 Å². The Morgan fingerprint density at radius 1 is 1.29 bits per heavy atom. The number of nitrogens with one attached hydrogen (secondary N) is 1. The number of anilines is 1. The molecule has 0 fully saturated rings. The molecule has 0 atom stereocenters. The summed E-state index contributed by atoms with van der Waals surface area (Å²) in [4.78, 5) is 31.0. The molecule has 1 aromatic heterocycles. The molecule has 0 unspecified atom stereocenters. The highest BCUT2D eigenvalue weighted by atomic mass is 32.1. The van der Waals surface area contributed by atoms with Crippen LogP contribution in [-0.2, 0) is 9.47 Å². The summed E-state index contributed by atoms with van der Waals surface area (Å²) < 4.78 is 10.5. The van der Waals surface area contributed by atoms with E-state index in [1.807, 2.05) is 20.8 Å². The average Bonchev–Trinajstić information content (AvgIpc) is 2.88. The second-order valence-corrected chi connectivity index (χ2v) is 9.46. The molecule has 0 bridgehead atoms. The highest BCUT2D eigenvalue weighted by Crippen LogP contribution is 2.30. The maximum Gasteiger partial charge on any atom is 0.410 e. The van der Waals surface area contributed by atoms with Crippen LogP contribution in [0.3, 0.4) is 0 Å². The lowest BCUT2D eigenvalue weighted by molar-refractivity contribution is 0.0257. The van der Waals surface area contributed by atoms with Gasteiger partial charge in [0.25, 0.3) is 0 Å². The van der Waals surface area contributed by atoms with Crippen molar-refractivity contribution in [3.63, 3.8) is 0 Å². The lowest BCUT2D eigenvalue weighted by Gasteiger charge is -2.28. The number of esters is 1. The Bertz CT molecular complexity index is 915. The van der Waals surface area contributed by atoms with Crippen molar-refractivity contribution in [2.45, 2.75) is 53.1 Å². The first kappa shape index (κ1) is 22.9. The van der Waals surface area contributed by atoms with Gasteiger partial charge in [0.05, 0.1) is 25.0 Å². The number of aliphatic hydroxyl groups excluding tert-OH is 1. The first-order valence-corrected chi connectivity index (χ1v) is 11.2. The fourth-order valence-electron chi connectivity index (χ4n) is 3.45. The number of hydrogen-bond acceptors (Lipinski definition) is 9. The van der Waals surface area contributed by atoms with Crippen molar-refractivity contribution in [3.8, 4) is 0 Å². The molecular weight excluding hydrogens is 420 g/mol. The van der Waals surface area contributed by atoms with Crippen molar-refractivity contribution in [2.24, 2.45) is 0 Å². The van der Waals surface area contributed by atoms with Gasteiger partial charge in [-0.3, -0.25) is 10.4 Å². The summed E-state index contributed by atoms with van der Waals surface area (Å²) >= 11 is 1.21. The van der Waals surface area contributed by atoms with E-state index in [0.29, 0.717) is 54.8 Å². The molecule has 10 heteroatoms. The van der Waals surface area contributed by atoms with Gasteiger partial charge in [-0.25, -0.2) is 14.6 Å². The summed E-state index contributed by atoms with van der Waals surface area (Å²) in [6, 6.07) is 0. The zero-order valence-corrected chi connectivity index (χ0v) is 19.5. The van der Waals surface area contributed by atoms with Gasteiger partial charge in [0.15, 0.2) is 0 Å². The van der Waals surface area contributed by atoms with Crippen LogP contribution in [-0.4, -0.2) is 63.9 Å². The minimum Gasteiger partial charge on any atom is -0.506 e. The minimum absolute atomic E-state index is 0.165. The van der Waals surface area contributed by atoms with Gasteiger partial charge in [0.2, 0.25) is 5.13 Å². The van der Waals surface area contributed by atoms with Crippen molar-refractivity contribution in [2.75, 3.05) is 31.7 Å². The highest BCUT2D eigenvalue weighted by Gasteiger charge is 2.28. The number of rotatable bonds is 4. The Morgan fingerprint density at radius 2 is 2.00 bits per heavy atom. The molecule has 2 aliphatic heterocycles. The molecule has 0 aliphatic carbocycles. The number of aryl methyl sites for hydroxylation is 1. The molecule has 31 heavy (non-hydrogen) atoms. The van der Waals surface area contributed by atoms with Crippen molar-refractivity contribution in [3.05, 3.63) is 33.7 Å². The molecule has 0 spiro atoms. The van der Waals surface area contributed by atoms with Crippen LogP contribution in [0.15, 0.2) is 23.1 Å². The highest BCUT2D eigenvalue weighted by molar-refractivity contribution is 7.17. The summed E-state index contributed by atoms with van der Waals surface area (Å²) in [6.45, 7) is 10.9. The van der Waals surface area contributed by atoms with Crippen LogP contribution in [0.2, 0.25) is 0 Å². The van der Waals surface area contributed by atoms with Crippen LogP contribution in [0, 0.1) is 6.92 Å². The number of aromatic nitrogens is 1. The molecule has 0 radical (unpaired) electrons. The molecule has 2 N–H and O–H groups in total. The maximum absolute atomic E-state index is 12.4. The van der Waals surface area contributed by atoms with Crippen LogP contribution in [0.4, 0.5) is 9.93 Å². The first-order valence-electron chi connectivity index (χ1n) is 10.3. The standard InChI is InChI=1S/C21H30N4O5S/c1-6-29-18(27)17-13(2)22-19(31-17)23-25-11-14-7-9-24(20(28)30-21(3,4)5)10-8-15(14)16(26)12-25/h12,26H,6-11H2,1-5H3,(H,22,23). The summed E-state index contributed by atoms with van der Waals surface area (Å²) in [7, 11) is 0. The zero-order chi connectivity index (χ0) is 22.8. The molecule has 1 aromatic rings. The van der Waals surface area contributed by atoms with E-state index in [-0.39, 0.29) is 11.9 Å². The molecular formula is C21H30N4O5S. The van der Waals surface area contributed by atoms with E-state index in [1.165, 1.54) is 11.3 Å². The maximum atomic E-state index is 12.4. The van der Waals surface area contributed by atoms with Gasteiger partial charge in [-0.1, -0.05) is 11.3 Å². The van der Waals surface area contributed by atoms with Crippen LogP contribution in [0.25, 0.3) is 0 Å². The predicted octanol–water partition coefficient (Wildman–Crippen LogP) is 4.00. The monoisotopic (exact) mass is 450 g/mol. The topological polar surface area (TPSA) is 104 Å². The summed E-state index contributed by atoms with van der Waals surface area (Å²) in [5, 5.41) is 12.9. The van der Waals surface area contributed by atoms with Gasteiger partial charge in [0.1, 0.15) is 16.2 Å². The fourth-order valence-corrected chi connectivity index (χ4v) is 4.33. The fraction of sp³-hybridized carbons (Fsp3) is 0.571. The SMILES string of the molecule is CCOC(=O)c1sc(NN2C=C(O)C3=C(CCN(C(=O)OC(C)(C)C)CC3)C2)nc1C. The van der Waals surface area contributed by atoms with Gasteiger partial charge in [-0.15, -0.1) is 0 Å². The average molecular weight is 451 g/mol. The molecule has 9 nitrogen and oxygen atoms in total. The summed E-state index contributed by atoms with van der Waals surface area (Å²) in [6.07, 6.45) is 2.47. The molecule has 3 rings (SSSR count). The van der Waals surface area contributed by atoms with Crippen LogP contribution < -0.4 is 5.43 Å². The number of carbonyl (C=O) groups excluding carboxylic acids is 2. The molecule has 0 saturated heterocycles. The Balaban J connectivity index is 1.65. The minimum atomic E-state index is -0.548. The third-order valence-corrected chi connectivity index (χ3v) is 5.88. The third-order valence-electron chi connectivity index (χ3n) is 4.84. The number of allylic oxidation sites excluding steroid dienone is 1. The van der Waals surface area contributed by atoms with Crippen LogP contribution >= 0.6 is 11.3 Å². The Morgan fingerprint density at radius 3 is 2.68 bits per heavy atom.